The first kappa shape index (κ1) is 18.8. The summed E-state index contributed by atoms with van der Waals surface area (Å²) < 4.78 is 5.66. The number of nitrogens with one attached hydrogen (secondary N) is 2. The SMILES string of the molecule is CCCCCCCCCOc1ccc(NC(=O)NC(N)=O)cc1. The van der Waals surface area contributed by atoms with Gasteiger partial charge in [0.1, 0.15) is 5.75 Å². The third-order valence-corrected chi connectivity index (χ3v) is 3.37. The Morgan fingerprint density at radius 3 is 2.22 bits per heavy atom. The minimum Gasteiger partial charge on any atom is -0.494 e. The predicted octanol–water partition coefficient (Wildman–Crippen LogP) is 4.02. The van der Waals surface area contributed by atoms with Gasteiger partial charge in [-0.2, -0.15) is 0 Å². The molecule has 0 radical (unpaired) electrons. The van der Waals surface area contributed by atoms with Crippen LogP contribution in [0, 0.1) is 0 Å². The molecule has 1 aromatic rings. The number of urea groups is 2. The fraction of sp³-hybridized carbons (Fsp3) is 0.529. The monoisotopic (exact) mass is 321 g/mol. The lowest BCUT2D eigenvalue weighted by atomic mass is 10.1. The van der Waals surface area contributed by atoms with Crippen LogP contribution in [0.15, 0.2) is 24.3 Å². The van der Waals surface area contributed by atoms with Crippen LogP contribution in [0.1, 0.15) is 51.9 Å². The summed E-state index contributed by atoms with van der Waals surface area (Å²) in [7, 11) is 0. The Morgan fingerprint density at radius 2 is 1.61 bits per heavy atom. The van der Waals surface area contributed by atoms with Crippen LogP contribution < -0.4 is 21.1 Å². The molecule has 23 heavy (non-hydrogen) atoms. The highest BCUT2D eigenvalue weighted by Crippen LogP contribution is 2.16. The maximum absolute atomic E-state index is 11.3. The number of hydrogen-bond acceptors (Lipinski definition) is 3. The van der Waals surface area contributed by atoms with E-state index in [2.05, 4.69) is 12.2 Å². The second kappa shape index (κ2) is 11.3. The molecule has 0 bridgehead atoms. The molecule has 0 aromatic heterocycles. The topological polar surface area (TPSA) is 93.4 Å². The summed E-state index contributed by atoms with van der Waals surface area (Å²) in [6.45, 7) is 2.92. The van der Waals surface area contributed by atoms with Crippen LogP contribution in [0.3, 0.4) is 0 Å². The molecule has 1 rings (SSSR count). The van der Waals surface area contributed by atoms with Gasteiger partial charge in [0, 0.05) is 5.69 Å². The number of unbranched alkanes of at least 4 members (excludes halogenated alkanes) is 6. The number of carbonyl (C=O) groups excluding carboxylic acids is 2. The van der Waals surface area contributed by atoms with Crippen molar-refractivity contribution < 1.29 is 14.3 Å². The molecule has 0 saturated heterocycles. The van der Waals surface area contributed by atoms with Gasteiger partial charge in [-0.1, -0.05) is 45.4 Å². The molecule has 6 nitrogen and oxygen atoms in total. The fourth-order valence-electron chi connectivity index (χ4n) is 2.16. The first-order chi connectivity index (χ1) is 11.1. The van der Waals surface area contributed by atoms with E-state index >= 15 is 0 Å². The van der Waals surface area contributed by atoms with Crippen LogP contribution in [-0.2, 0) is 0 Å². The smallest absolute Gasteiger partial charge is 0.327 e. The van der Waals surface area contributed by atoms with E-state index in [1.54, 1.807) is 24.3 Å². The van der Waals surface area contributed by atoms with Crippen molar-refractivity contribution in [2.45, 2.75) is 51.9 Å². The number of imide groups is 1. The Balaban J connectivity index is 2.16. The van der Waals surface area contributed by atoms with Crippen LogP contribution >= 0.6 is 0 Å². The normalized spacial score (nSPS) is 10.1. The van der Waals surface area contributed by atoms with Gasteiger partial charge in [0.15, 0.2) is 0 Å². The van der Waals surface area contributed by atoms with Crippen molar-refractivity contribution in [3.8, 4) is 5.75 Å². The van der Waals surface area contributed by atoms with Crippen molar-refractivity contribution in [2.24, 2.45) is 5.73 Å². The van der Waals surface area contributed by atoms with E-state index in [4.69, 9.17) is 10.5 Å². The molecule has 0 fully saturated rings. The van der Waals surface area contributed by atoms with Crippen molar-refractivity contribution >= 4 is 17.7 Å². The van der Waals surface area contributed by atoms with Crippen LogP contribution in [0.25, 0.3) is 0 Å². The van der Waals surface area contributed by atoms with Gasteiger partial charge in [-0.3, -0.25) is 5.32 Å². The minimum atomic E-state index is -0.892. The Bertz CT molecular complexity index is 474. The Morgan fingerprint density at radius 1 is 1.00 bits per heavy atom. The lowest BCUT2D eigenvalue weighted by Crippen LogP contribution is -2.38. The number of anilines is 1. The first-order valence-electron chi connectivity index (χ1n) is 8.22. The van der Waals surface area contributed by atoms with Crippen molar-refractivity contribution in [3.05, 3.63) is 24.3 Å². The molecule has 0 saturated carbocycles. The van der Waals surface area contributed by atoms with Crippen molar-refractivity contribution in [1.82, 2.24) is 5.32 Å². The van der Waals surface area contributed by atoms with Gasteiger partial charge in [0.2, 0.25) is 0 Å². The molecule has 4 N–H and O–H groups in total. The Hall–Kier alpha value is -2.24. The third kappa shape index (κ3) is 9.39. The maximum Gasteiger partial charge on any atom is 0.327 e. The lowest BCUT2D eigenvalue weighted by Gasteiger charge is -2.08. The van der Waals surface area contributed by atoms with E-state index in [0.29, 0.717) is 12.3 Å². The molecule has 0 unspecified atom stereocenters. The number of benzene rings is 1. The van der Waals surface area contributed by atoms with Crippen LogP contribution in [0.5, 0.6) is 5.75 Å². The zero-order valence-electron chi connectivity index (χ0n) is 13.8. The van der Waals surface area contributed by atoms with Gasteiger partial charge in [0.05, 0.1) is 6.61 Å². The molecular formula is C17H27N3O3. The molecule has 4 amide bonds. The molecule has 1 aromatic carbocycles. The van der Waals surface area contributed by atoms with E-state index in [0.717, 1.165) is 12.2 Å². The molecule has 0 aliphatic rings. The second-order valence-electron chi connectivity index (χ2n) is 5.44. The minimum absolute atomic E-state index is 0.562. The maximum atomic E-state index is 11.3. The van der Waals surface area contributed by atoms with Gasteiger partial charge < -0.3 is 15.8 Å². The highest BCUT2D eigenvalue weighted by atomic mass is 16.5. The summed E-state index contributed by atoms with van der Waals surface area (Å²) in [4.78, 5) is 21.8. The zero-order chi connectivity index (χ0) is 16.9. The van der Waals surface area contributed by atoms with Crippen LogP contribution in [0.2, 0.25) is 0 Å². The van der Waals surface area contributed by atoms with Gasteiger partial charge in [-0.25, -0.2) is 9.59 Å². The third-order valence-electron chi connectivity index (χ3n) is 3.37. The van der Waals surface area contributed by atoms with Crippen LogP contribution in [-0.4, -0.2) is 18.7 Å². The molecule has 128 valence electrons. The van der Waals surface area contributed by atoms with E-state index in [1.165, 1.54) is 38.5 Å². The quantitative estimate of drug-likeness (QED) is 0.568. The second-order valence-corrected chi connectivity index (χ2v) is 5.44. The molecule has 0 heterocycles. The van der Waals surface area contributed by atoms with E-state index < -0.39 is 12.1 Å². The Labute approximate surface area is 137 Å². The van der Waals surface area contributed by atoms with E-state index in [-0.39, 0.29) is 0 Å². The highest BCUT2D eigenvalue weighted by Gasteiger charge is 2.04. The molecule has 0 atom stereocenters. The number of ether oxygens (including phenoxy) is 1. The standard InChI is InChI=1S/C17H27N3O3/c1-2-3-4-5-6-7-8-13-23-15-11-9-14(10-12-15)19-17(22)20-16(18)21/h9-12H,2-8,13H2,1H3,(H4,18,19,20,21,22). The van der Waals surface area contributed by atoms with Crippen molar-refractivity contribution in [2.75, 3.05) is 11.9 Å². The number of carbonyl (C=O) groups is 2. The summed E-state index contributed by atoms with van der Waals surface area (Å²) in [5.41, 5.74) is 5.42. The average Bonchev–Trinajstić information content (AvgIpc) is 2.50. The fourth-order valence-corrected chi connectivity index (χ4v) is 2.16. The van der Waals surface area contributed by atoms with Gasteiger partial charge in [-0.15, -0.1) is 0 Å². The number of hydrogen-bond donors (Lipinski definition) is 3. The zero-order valence-corrected chi connectivity index (χ0v) is 13.8. The summed E-state index contributed by atoms with van der Waals surface area (Å²) in [6, 6.07) is 5.43. The lowest BCUT2D eigenvalue weighted by molar-refractivity contribution is 0.238. The largest absolute Gasteiger partial charge is 0.494 e. The van der Waals surface area contributed by atoms with E-state index in [1.807, 2.05) is 5.32 Å². The average molecular weight is 321 g/mol. The van der Waals surface area contributed by atoms with Gasteiger partial charge in [-0.05, 0) is 30.7 Å². The molecule has 0 aliphatic heterocycles. The summed E-state index contributed by atoms with van der Waals surface area (Å²) >= 11 is 0. The van der Waals surface area contributed by atoms with Crippen molar-refractivity contribution in [1.29, 1.82) is 0 Å². The number of amides is 4. The number of primary amides is 1. The summed E-state index contributed by atoms with van der Waals surface area (Å²) in [5, 5.41) is 4.42. The van der Waals surface area contributed by atoms with E-state index in [9.17, 15) is 9.59 Å². The van der Waals surface area contributed by atoms with Gasteiger partial charge in [0.25, 0.3) is 0 Å². The Kier molecular flexibility index (Phi) is 9.28. The molecular weight excluding hydrogens is 294 g/mol. The number of rotatable bonds is 10. The summed E-state index contributed by atoms with van der Waals surface area (Å²) in [6.07, 6.45) is 8.74. The van der Waals surface area contributed by atoms with Crippen LogP contribution in [0.4, 0.5) is 15.3 Å². The molecule has 0 aliphatic carbocycles. The van der Waals surface area contributed by atoms with Gasteiger partial charge >= 0.3 is 12.1 Å². The predicted molar refractivity (Wildman–Crippen MR) is 91.7 cm³/mol. The number of nitrogens with two attached hydrogens (primary N) is 1. The summed E-state index contributed by atoms with van der Waals surface area (Å²) in [5.74, 6) is 0.761. The highest BCUT2D eigenvalue weighted by molar-refractivity contribution is 6.00. The van der Waals surface area contributed by atoms with Crippen molar-refractivity contribution in [3.63, 3.8) is 0 Å². The molecule has 6 heteroatoms. The first-order valence-corrected chi connectivity index (χ1v) is 8.22. The molecule has 0 spiro atoms.